The maximum absolute atomic E-state index is 10.6. The molecule has 3 aromatic carbocycles. The van der Waals surface area contributed by atoms with Gasteiger partial charge in [0.05, 0.1) is 29.4 Å². The molecule has 5 heteroatoms. The van der Waals surface area contributed by atoms with Crippen LogP contribution in [0.1, 0.15) is 29.5 Å². The normalized spacial score (nSPS) is 19.5. The molecule has 0 saturated carbocycles. The van der Waals surface area contributed by atoms with Gasteiger partial charge in [0.15, 0.2) is 5.01 Å². The van der Waals surface area contributed by atoms with Crippen molar-refractivity contribution in [1.82, 2.24) is 4.98 Å². The average Bonchev–Trinajstić information content (AvgIpc) is 3.36. The molecule has 1 aromatic heterocycles. The number of rotatable bonds is 4. The summed E-state index contributed by atoms with van der Waals surface area (Å²) in [6.07, 6.45) is 2.33. The third-order valence-corrected chi connectivity index (χ3v) is 6.96. The molecule has 2 N–H and O–H groups in total. The van der Waals surface area contributed by atoms with Gasteiger partial charge < -0.3 is 14.7 Å². The first-order valence-corrected chi connectivity index (χ1v) is 10.5. The van der Waals surface area contributed by atoms with Crippen LogP contribution in [0.5, 0.6) is 11.5 Å². The van der Waals surface area contributed by atoms with Gasteiger partial charge in [-0.3, -0.25) is 0 Å². The van der Waals surface area contributed by atoms with E-state index in [0.29, 0.717) is 11.8 Å². The van der Waals surface area contributed by atoms with Gasteiger partial charge in [-0.15, -0.1) is 11.3 Å². The molecule has 0 amide bonds. The van der Waals surface area contributed by atoms with Gasteiger partial charge in [0, 0.05) is 12.8 Å². The van der Waals surface area contributed by atoms with Crippen LogP contribution in [0, 0.1) is 0 Å². The summed E-state index contributed by atoms with van der Waals surface area (Å²) in [6, 6.07) is 18.6. The number of hydrogen-bond acceptors (Lipinski definition) is 4. The summed E-state index contributed by atoms with van der Waals surface area (Å²) in [5.41, 5.74) is 2.09. The summed E-state index contributed by atoms with van der Waals surface area (Å²) in [5.74, 6) is 1.18. The molecule has 0 bridgehead atoms. The number of likely N-dealkylation sites (tertiary alicyclic amines) is 1. The number of quaternary nitrogens is 1. The highest BCUT2D eigenvalue weighted by Gasteiger charge is 2.33. The number of thiazole rings is 1. The lowest BCUT2D eigenvalue weighted by Crippen LogP contribution is -3.08. The standard InChI is InChI=1S/C23H22N2O2S/c1-27-16-10-8-15-9-11-21(26)18(17(15)13-16)14-25-12-4-6-20(25)23-24-19-5-2-3-7-22(19)28-23/h2-3,5,7-11,13,20,26H,4,6,12,14H2,1H3/p+1/t20-/m0/s1. The quantitative estimate of drug-likeness (QED) is 0.551. The molecule has 1 aliphatic rings. The van der Waals surface area contributed by atoms with E-state index >= 15 is 0 Å². The molecule has 1 saturated heterocycles. The van der Waals surface area contributed by atoms with Crippen molar-refractivity contribution >= 4 is 32.3 Å². The minimum atomic E-state index is 0.364. The van der Waals surface area contributed by atoms with Gasteiger partial charge in [0.25, 0.3) is 0 Å². The van der Waals surface area contributed by atoms with Crippen molar-refractivity contribution < 1.29 is 14.7 Å². The van der Waals surface area contributed by atoms with Gasteiger partial charge in [0.2, 0.25) is 0 Å². The Hall–Kier alpha value is -2.63. The maximum Gasteiger partial charge on any atom is 0.151 e. The monoisotopic (exact) mass is 391 g/mol. The summed E-state index contributed by atoms with van der Waals surface area (Å²) in [7, 11) is 1.68. The van der Waals surface area contributed by atoms with Crippen molar-refractivity contribution in [3.63, 3.8) is 0 Å². The third-order valence-electron chi connectivity index (χ3n) is 5.81. The summed E-state index contributed by atoms with van der Waals surface area (Å²) >= 11 is 1.81. The molecule has 1 unspecified atom stereocenters. The number of methoxy groups -OCH3 is 1. The summed E-state index contributed by atoms with van der Waals surface area (Å²) < 4.78 is 6.67. The van der Waals surface area contributed by atoms with Crippen LogP contribution >= 0.6 is 11.3 Å². The fourth-order valence-corrected chi connectivity index (χ4v) is 5.51. The zero-order chi connectivity index (χ0) is 19.1. The summed E-state index contributed by atoms with van der Waals surface area (Å²) in [4.78, 5) is 6.39. The van der Waals surface area contributed by atoms with Crippen LogP contribution in [0.15, 0.2) is 54.6 Å². The Balaban J connectivity index is 1.52. The van der Waals surface area contributed by atoms with Crippen LogP contribution in [-0.2, 0) is 6.54 Å². The van der Waals surface area contributed by atoms with Gasteiger partial charge >= 0.3 is 0 Å². The number of fused-ring (bicyclic) bond motifs is 2. The second-order valence-electron chi connectivity index (χ2n) is 7.45. The van der Waals surface area contributed by atoms with Gasteiger partial charge in [-0.2, -0.15) is 0 Å². The largest absolute Gasteiger partial charge is 0.507 e. The van der Waals surface area contributed by atoms with Crippen molar-refractivity contribution in [2.45, 2.75) is 25.4 Å². The van der Waals surface area contributed by atoms with Crippen LogP contribution in [-0.4, -0.2) is 23.7 Å². The van der Waals surface area contributed by atoms with Crippen molar-refractivity contribution in [3.8, 4) is 11.5 Å². The first-order valence-electron chi connectivity index (χ1n) is 9.71. The SMILES string of the molecule is COc1ccc2ccc(O)c(C[NH+]3CCC[C@H]3c3nc4ccccc4s3)c2c1. The van der Waals surface area contributed by atoms with Crippen LogP contribution < -0.4 is 9.64 Å². The van der Waals surface area contributed by atoms with Crippen LogP contribution in [0.25, 0.3) is 21.0 Å². The minimum absolute atomic E-state index is 0.364. The molecule has 0 spiro atoms. The number of para-hydroxylation sites is 1. The molecule has 4 aromatic rings. The van der Waals surface area contributed by atoms with Gasteiger partial charge in [-0.05, 0) is 41.1 Å². The molecule has 0 aliphatic carbocycles. The van der Waals surface area contributed by atoms with Gasteiger partial charge in [-0.1, -0.05) is 24.3 Å². The fraction of sp³-hybridized carbons (Fsp3) is 0.261. The second-order valence-corrected chi connectivity index (χ2v) is 8.51. The zero-order valence-corrected chi connectivity index (χ0v) is 16.6. The minimum Gasteiger partial charge on any atom is -0.507 e. The highest BCUT2D eigenvalue weighted by molar-refractivity contribution is 7.18. The predicted molar refractivity (Wildman–Crippen MR) is 113 cm³/mol. The molecule has 4 nitrogen and oxygen atoms in total. The van der Waals surface area contributed by atoms with Crippen LogP contribution in [0.3, 0.4) is 0 Å². The molecular weight excluding hydrogens is 368 g/mol. The third kappa shape index (κ3) is 3.01. The van der Waals surface area contributed by atoms with E-state index < -0.39 is 0 Å². The Bertz CT molecular complexity index is 1120. The van der Waals surface area contributed by atoms with E-state index in [-0.39, 0.29) is 0 Å². The molecular formula is C23H23N2O2S+. The number of ether oxygens (including phenoxy) is 1. The van der Waals surface area contributed by atoms with E-state index in [2.05, 4.69) is 24.3 Å². The highest BCUT2D eigenvalue weighted by atomic mass is 32.1. The van der Waals surface area contributed by atoms with Crippen LogP contribution in [0.2, 0.25) is 0 Å². The van der Waals surface area contributed by atoms with E-state index in [1.165, 1.54) is 21.0 Å². The van der Waals surface area contributed by atoms with Crippen molar-refractivity contribution in [3.05, 3.63) is 65.2 Å². The number of benzene rings is 3. The molecule has 142 valence electrons. The van der Waals surface area contributed by atoms with Crippen molar-refractivity contribution in [2.75, 3.05) is 13.7 Å². The lowest BCUT2D eigenvalue weighted by atomic mass is 10.0. The van der Waals surface area contributed by atoms with E-state index in [1.807, 2.05) is 41.7 Å². The Morgan fingerprint density at radius 2 is 2.04 bits per heavy atom. The number of nitrogens with zero attached hydrogens (tertiary/aromatic N) is 1. The summed E-state index contributed by atoms with van der Waals surface area (Å²) in [5, 5.41) is 14.0. The molecule has 0 radical (unpaired) electrons. The Morgan fingerprint density at radius 3 is 2.89 bits per heavy atom. The number of aromatic nitrogens is 1. The van der Waals surface area contributed by atoms with Crippen LogP contribution in [0.4, 0.5) is 0 Å². The number of phenols is 1. The number of nitrogens with one attached hydrogen (secondary N) is 1. The van der Waals surface area contributed by atoms with E-state index in [4.69, 9.17) is 9.72 Å². The maximum atomic E-state index is 10.6. The molecule has 1 fully saturated rings. The highest BCUT2D eigenvalue weighted by Crippen LogP contribution is 2.32. The number of phenolic OH excluding ortho intramolecular Hbond substituents is 1. The van der Waals surface area contributed by atoms with Gasteiger partial charge in [0.1, 0.15) is 24.1 Å². The second kappa shape index (κ2) is 7.08. The van der Waals surface area contributed by atoms with E-state index in [1.54, 1.807) is 7.11 Å². The molecule has 2 atom stereocenters. The predicted octanol–water partition coefficient (Wildman–Crippen LogP) is 4.08. The smallest absolute Gasteiger partial charge is 0.151 e. The number of hydrogen-bond donors (Lipinski definition) is 2. The lowest BCUT2D eigenvalue weighted by Gasteiger charge is -2.21. The van der Waals surface area contributed by atoms with Crippen molar-refractivity contribution in [1.29, 1.82) is 0 Å². The molecule has 1 aliphatic heterocycles. The summed E-state index contributed by atoms with van der Waals surface area (Å²) in [6.45, 7) is 1.89. The Labute approximate surface area is 168 Å². The fourth-order valence-electron chi connectivity index (χ4n) is 4.35. The zero-order valence-electron chi connectivity index (χ0n) is 15.8. The van der Waals surface area contributed by atoms with Crippen molar-refractivity contribution in [2.24, 2.45) is 0 Å². The number of aromatic hydroxyl groups is 1. The molecule has 28 heavy (non-hydrogen) atoms. The lowest BCUT2D eigenvalue weighted by molar-refractivity contribution is -0.931. The molecule has 5 rings (SSSR count). The Morgan fingerprint density at radius 1 is 1.18 bits per heavy atom. The molecule has 2 heterocycles. The first kappa shape index (κ1) is 17.5. The van der Waals surface area contributed by atoms with Gasteiger partial charge in [-0.25, -0.2) is 4.98 Å². The first-order chi connectivity index (χ1) is 13.7. The van der Waals surface area contributed by atoms with E-state index in [9.17, 15) is 5.11 Å². The average molecular weight is 392 g/mol. The van der Waals surface area contributed by atoms with E-state index in [0.717, 1.165) is 47.1 Å². The Kier molecular flexibility index (Phi) is 4.41. The topological polar surface area (TPSA) is 46.8 Å².